The van der Waals surface area contributed by atoms with E-state index < -0.39 is 0 Å². The molecule has 2 aromatic rings. The third-order valence-corrected chi connectivity index (χ3v) is 3.18. The fourth-order valence-corrected chi connectivity index (χ4v) is 2.00. The van der Waals surface area contributed by atoms with Crippen molar-refractivity contribution in [2.75, 3.05) is 0 Å². The standard InChI is InChI=1S/C12H13N3O2/c1-7-2-3-13-6-10(7)11-14-12(17-15-11)8-4-9(16)5-8/h2-3,6,8-9,16H,4-5H2,1H3. The summed E-state index contributed by atoms with van der Waals surface area (Å²) in [6.07, 6.45) is 4.69. The molecular formula is C12H13N3O2. The van der Waals surface area contributed by atoms with Gasteiger partial charge in [-0.3, -0.25) is 4.98 Å². The first kappa shape index (κ1) is 10.4. The predicted molar refractivity (Wildman–Crippen MR) is 60.2 cm³/mol. The summed E-state index contributed by atoms with van der Waals surface area (Å²) in [5.41, 5.74) is 1.96. The molecule has 1 saturated carbocycles. The molecule has 1 aliphatic rings. The second-order valence-corrected chi connectivity index (χ2v) is 4.47. The number of aliphatic hydroxyl groups excluding tert-OH is 1. The molecule has 17 heavy (non-hydrogen) atoms. The van der Waals surface area contributed by atoms with Crippen molar-refractivity contribution < 1.29 is 9.63 Å². The van der Waals surface area contributed by atoms with Crippen LogP contribution in [-0.2, 0) is 0 Å². The molecule has 88 valence electrons. The molecule has 0 radical (unpaired) electrons. The lowest BCUT2D eigenvalue weighted by Crippen LogP contribution is -2.26. The van der Waals surface area contributed by atoms with Gasteiger partial charge in [-0.25, -0.2) is 0 Å². The van der Waals surface area contributed by atoms with Crippen LogP contribution in [0.15, 0.2) is 23.0 Å². The van der Waals surface area contributed by atoms with E-state index in [1.54, 1.807) is 12.4 Å². The van der Waals surface area contributed by atoms with Gasteiger partial charge >= 0.3 is 0 Å². The van der Waals surface area contributed by atoms with Gasteiger partial charge in [0, 0.05) is 23.9 Å². The van der Waals surface area contributed by atoms with Gasteiger partial charge in [-0.05, 0) is 31.4 Å². The molecule has 5 nitrogen and oxygen atoms in total. The van der Waals surface area contributed by atoms with E-state index in [4.69, 9.17) is 4.52 Å². The molecule has 1 fully saturated rings. The Hall–Kier alpha value is -1.75. The monoisotopic (exact) mass is 231 g/mol. The van der Waals surface area contributed by atoms with Gasteiger partial charge in [0.2, 0.25) is 11.7 Å². The van der Waals surface area contributed by atoms with Crippen molar-refractivity contribution in [2.24, 2.45) is 0 Å². The molecule has 1 N–H and O–H groups in total. The highest BCUT2D eigenvalue weighted by Gasteiger charge is 2.33. The highest BCUT2D eigenvalue weighted by Crippen LogP contribution is 2.36. The average Bonchev–Trinajstić information content (AvgIpc) is 2.74. The van der Waals surface area contributed by atoms with Crippen LogP contribution in [0.4, 0.5) is 0 Å². The smallest absolute Gasteiger partial charge is 0.230 e. The Labute approximate surface area is 98.5 Å². The van der Waals surface area contributed by atoms with Crippen LogP contribution in [-0.4, -0.2) is 26.3 Å². The van der Waals surface area contributed by atoms with Crippen LogP contribution in [0.3, 0.4) is 0 Å². The van der Waals surface area contributed by atoms with Crippen molar-refractivity contribution >= 4 is 0 Å². The lowest BCUT2D eigenvalue weighted by Gasteiger charge is -2.27. The lowest BCUT2D eigenvalue weighted by atomic mass is 9.82. The summed E-state index contributed by atoms with van der Waals surface area (Å²) in [5, 5.41) is 13.2. The minimum absolute atomic E-state index is 0.211. The van der Waals surface area contributed by atoms with E-state index in [0.29, 0.717) is 24.6 Å². The first-order valence-corrected chi connectivity index (χ1v) is 5.66. The number of nitrogens with zero attached hydrogens (tertiary/aromatic N) is 3. The Balaban J connectivity index is 1.88. The zero-order valence-corrected chi connectivity index (χ0v) is 9.50. The second-order valence-electron chi connectivity index (χ2n) is 4.47. The predicted octanol–water partition coefficient (Wildman–Crippen LogP) is 1.68. The van der Waals surface area contributed by atoms with E-state index in [9.17, 15) is 5.11 Å². The summed E-state index contributed by atoms with van der Waals surface area (Å²) in [5.74, 6) is 1.41. The average molecular weight is 231 g/mol. The molecule has 0 bridgehead atoms. The molecule has 2 aromatic heterocycles. The minimum Gasteiger partial charge on any atom is -0.393 e. The van der Waals surface area contributed by atoms with Crippen molar-refractivity contribution in [2.45, 2.75) is 31.8 Å². The Morgan fingerprint density at radius 2 is 2.24 bits per heavy atom. The van der Waals surface area contributed by atoms with Crippen molar-refractivity contribution in [1.82, 2.24) is 15.1 Å². The Kier molecular flexibility index (Phi) is 2.40. The SMILES string of the molecule is Cc1ccncc1-c1noc(C2CC(O)C2)n1. The Bertz CT molecular complexity index is 532. The molecule has 0 atom stereocenters. The Morgan fingerprint density at radius 3 is 2.94 bits per heavy atom. The summed E-state index contributed by atoms with van der Waals surface area (Å²) >= 11 is 0. The van der Waals surface area contributed by atoms with E-state index in [1.807, 2.05) is 13.0 Å². The van der Waals surface area contributed by atoms with E-state index in [1.165, 1.54) is 0 Å². The maximum Gasteiger partial charge on any atom is 0.230 e. The number of aliphatic hydroxyl groups is 1. The summed E-state index contributed by atoms with van der Waals surface area (Å²) in [6.45, 7) is 1.99. The van der Waals surface area contributed by atoms with E-state index in [2.05, 4.69) is 15.1 Å². The van der Waals surface area contributed by atoms with E-state index in [0.717, 1.165) is 11.1 Å². The Morgan fingerprint density at radius 1 is 1.41 bits per heavy atom. The largest absolute Gasteiger partial charge is 0.393 e. The highest BCUT2D eigenvalue weighted by molar-refractivity contribution is 5.57. The zero-order valence-electron chi connectivity index (χ0n) is 9.50. The molecular weight excluding hydrogens is 218 g/mol. The third kappa shape index (κ3) is 1.82. The van der Waals surface area contributed by atoms with Crippen molar-refractivity contribution in [3.63, 3.8) is 0 Å². The molecule has 1 aliphatic carbocycles. The molecule has 0 amide bonds. The van der Waals surface area contributed by atoms with Crippen molar-refractivity contribution in [3.8, 4) is 11.4 Å². The third-order valence-electron chi connectivity index (χ3n) is 3.18. The molecule has 3 rings (SSSR count). The van der Waals surface area contributed by atoms with Gasteiger partial charge < -0.3 is 9.63 Å². The van der Waals surface area contributed by atoms with Crippen LogP contribution >= 0.6 is 0 Å². The second kappa shape index (κ2) is 3.92. The van der Waals surface area contributed by atoms with Gasteiger partial charge in [0.05, 0.1) is 6.10 Å². The topological polar surface area (TPSA) is 72.0 Å². The van der Waals surface area contributed by atoms with Gasteiger partial charge in [0.1, 0.15) is 0 Å². The molecule has 0 aromatic carbocycles. The number of hydrogen-bond donors (Lipinski definition) is 1. The zero-order chi connectivity index (χ0) is 11.8. The van der Waals surface area contributed by atoms with Crippen LogP contribution < -0.4 is 0 Å². The lowest BCUT2D eigenvalue weighted by molar-refractivity contribution is 0.0625. The molecule has 2 heterocycles. The normalized spacial score (nSPS) is 23.4. The summed E-state index contributed by atoms with van der Waals surface area (Å²) in [7, 11) is 0. The summed E-state index contributed by atoms with van der Waals surface area (Å²) < 4.78 is 5.23. The van der Waals surface area contributed by atoms with Crippen LogP contribution in [0, 0.1) is 6.92 Å². The van der Waals surface area contributed by atoms with Crippen LogP contribution in [0.1, 0.15) is 30.2 Å². The fraction of sp³-hybridized carbons (Fsp3) is 0.417. The summed E-state index contributed by atoms with van der Waals surface area (Å²) in [4.78, 5) is 8.43. The minimum atomic E-state index is -0.213. The highest BCUT2D eigenvalue weighted by atomic mass is 16.5. The molecule has 0 spiro atoms. The number of aromatic nitrogens is 3. The maximum atomic E-state index is 9.25. The van der Waals surface area contributed by atoms with Crippen molar-refractivity contribution in [3.05, 3.63) is 29.9 Å². The van der Waals surface area contributed by atoms with E-state index >= 15 is 0 Å². The molecule has 0 unspecified atom stereocenters. The molecule has 0 aliphatic heterocycles. The first-order chi connectivity index (χ1) is 8.24. The van der Waals surface area contributed by atoms with E-state index in [-0.39, 0.29) is 12.0 Å². The molecule has 0 saturated heterocycles. The number of rotatable bonds is 2. The van der Waals surface area contributed by atoms with Gasteiger partial charge in [0.15, 0.2) is 0 Å². The number of hydrogen-bond acceptors (Lipinski definition) is 5. The quantitative estimate of drug-likeness (QED) is 0.851. The van der Waals surface area contributed by atoms with Crippen LogP contribution in [0.5, 0.6) is 0 Å². The van der Waals surface area contributed by atoms with Gasteiger partial charge in [-0.15, -0.1) is 0 Å². The van der Waals surface area contributed by atoms with Gasteiger partial charge in [-0.1, -0.05) is 5.16 Å². The fourth-order valence-electron chi connectivity index (χ4n) is 2.00. The van der Waals surface area contributed by atoms with Gasteiger partial charge in [0.25, 0.3) is 0 Å². The first-order valence-electron chi connectivity index (χ1n) is 5.66. The number of aryl methyl sites for hydroxylation is 1. The number of pyridine rings is 1. The van der Waals surface area contributed by atoms with Crippen molar-refractivity contribution in [1.29, 1.82) is 0 Å². The van der Waals surface area contributed by atoms with Crippen LogP contribution in [0.25, 0.3) is 11.4 Å². The van der Waals surface area contributed by atoms with Gasteiger partial charge in [-0.2, -0.15) is 4.98 Å². The molecule has 5 heteroatoms. The van der Waals surface area contributed by atoms with Crippen LogP contribution in [0.2, 0.25) is 0 Å². The maximum absolute atomic E-state index is 9.25. The summed E-state index contributed by atoms with van der Waals surface area (Å²) in [6, 6.07) is 1.92.